The Balaban J connectivity index is 1.65. The van der Waals surface area contributed by atoms with Crippen LogP contribution in [0.4, 0.5) is 18.9 Å². The van der Waals surface area contributed by atoms with Crippen LogP contribution in [-0.4, -0.2) is 6.61 Å². The predicted octanol–water partition coefficient (Wildman–Crippen LogP) is 5.43. The van der Waals surface area contributed by atoms with E-state index in [0.29, 0.717) is 11.3 Å². The highest BCUT2D eigenvalue weighted by Gasteiger charge is 2.39. The van der Waals surface area contributed by atoms with E-state index in [2.05, 4.69) is 5.32 Å². The number of ether oxygens (including phenoxy) is 1. The normalized spacial score (nSPS) is 23.1. The van der Waals surface area contributed by atoms with Crippen molar-refractivity contribution in [3.05, 3.63) is 71.3 Å². The number of anilines is 1. The number of hydrogen-bond donors (Lipinski definition) is 1. The summed E-state index contributed by atoms with van der Waals surface area (Å²) in [4.78, 5) is 0. The molecule has 0 saturated carbocycles. The van der Waals surface area contributed by atoms with Crippen LogP contribution >= 0.6 is 0 Å². The molecule has 0 spiro atoms. The van der Waals surface area contributed by atoms with Gasteiger partial charge in [0.2, 0.25) is 0 Å². The Labute approximate surface area is 155 Å². The molecule has 2 aromatic carbocycles. The number of rotatable bonds is 3. The smallest absolute Gasteiger partial charge is 0.416 e. The first-order chi connectivity index (χ1) is 13.0. The van der Waals surface area contributed by atoms with E-state index < -0.39 is 11.7 Å². The maximum absolute atomic E-state index is 13.1. The van der Waals surface area contributed by atoms with Gasteiger partial charge in [-0.1, -0.05) is 24.3 Å². The Morgan fingerprint density at radius 2 is 1.93 bits per heavy atom. The second-order valence-corrected chi connectivity index (χ2v) is 6.79. The van der Waals surface area contributed by atoms with Crippen LogP contribution in [0.15, 0.2) is 54.6 Å². The number of benzene rings is 2. The highest BCUT2D eigenvalue weighted by atomic mass is 19.4. The monoisotopic (exact) mass is 370 g/mol. The quantitative estimate of drug-likeness (QED) is 0.733. The molecule has 0 saturated heterocycles. The molecule has 6 heteroatoms. The molecule has 0 unspecified atom stereocenters. The van der Waals surface area contributed by atoms with E-state index in [0.717, 1.165) is 23.7 Å². The van der Waals surface area contributed by atoms with Gasteiger partial charge in [0.1, 0.15) is 11.8 Å². The summed E-state index contributed by atoms with van der Waals surface area (Å²) < 4.78 is 44.6. The van der Waals surface area contributed by atoms with Crippen molar-refractivity contribution in [2.24, 2.45) is 5.92 Å². The van der Waals surface area contributed by atoms with Crippen molar-refractivity contribution in [3.8, 4) is 11.8 Å². The van der Waals surface area contributed by atoms with Crippen LogP contribution in [0.1, 0.15) is 35.1 Å². The fourth-order valence-electron chi connectivity index (χ4n) is 3.99. The van der Waals surface area contributed by atoms with Crippen LogP contribution in [0.2, 0.25) is 0 Å². The van der Waals surface area contributed by atoms with Crippen LogP contribution in [0.5, 0.6) is 5.75 Å². The first kappa shape index (κ1) is 17.5. The van der Waals surface area contributed by atoms with Gasteiger partial charge in [-0.15, -0.1) is 0 Å². The number of nitrogens with zero attached hydrogens (tertiary/aromatic N) is 1. The molecule has 2 aromatic rings. The summed E-state index contributed by atoms with van der Waals surface area (Å²) in [5.74, 6) is 0.738. The minimum atomic E-state index is -4.34. The molecule has 0 bridgehead atoms. The minimum Gasteiger partial charge on any atom is -0.479 e. The van der Waals surface area contributed by atoms with Crippen molar-refractivity contribution < 1.29 is 17.9 Å². The van der Waals surface area contributed by atoms with Gasteiger partial charge in [-0.25, -0.2) is 0 Å². The van der Waals surface area contributed by atoms with Crippen LogP contribution in [0.3, 0.4) is 0 Å². The Kier molecular flexibility index (Phi) is 4.31. The van der Waals surface area contributed by atoms with Gasteiger partial charge in [-0.2, -0.15) is 18.4 Å². The minimum absolute atomic E-state index is 0.000691. The standard InChI is InChI=1S/C21H17F3N2O/c22-21(23,24)14-6-9-19-18(12-14)16-2-1-3-17(16)20(26-19)13-4-7-15(8-5-13)27-11-10-25/h1-2,4-9,12,16-17,20,26H,3,11H2/t16-,17-,20+/m1/s1. The van der Waals surface area contributed by atoms with Crippen molar-refractivity contribution in [3.63, 3.8) is 0 Å². The summed E-state index contributed by atoms with van der Waals surface area (Å²) in [5, 5.41) is 12.0. The summed E-state index contributed by atoms with van der Waals surface area (Å²) in [6.45, 7) is -0.00937. The van der Waals surface area contributed by atoms with E-state index in [-0.39, 0.29) is 24.5 Å². The number of alkyl halides is 3. The molecule has 1 aliphatic carbocycles. The van der Waals surface area contributed by atoms with E-state index in [1.165, 1.54) is 12.1 Å². The molecule has 3 nitrogen and oxygen atoms in total. The van der Waals surface area contributed by atoms with Crippen molar-refractivity contribution in [2.75, 3.05) is 11.9 Å². The second kappa shape index (κ2) is 6.66. The number of nitrogens with one attached hydrogen (secondary N) is 1. The molecule has 138 valence electrons. The number of allylic oxidation sites excluding steroid dienone is 2. The number of fused-ring (bicyclic) bond motifs is 3. The zero-order valence-corrected chi connectivity index (χ0v) is 14.3. The summed E-state index contributed by atoms with van der Waals surface area (Å²) in [6.07, 6.45) is 0.527. The lowest BCUT2D eigenvalue weighted by Crippen LogP contribution is -2.29. The maximum atomic E-state index is 13.1. The van der Waals surface area contributed by atoms with Gasteiger partial charge >= 0.3 is 6.18 Å². The third kappa shape index (κ3) is 3.25. The van der Waals surface area contributed by atoms with Gasteiger partial charge < -0.3 is 10.1 Å². The third-order valence-electron chi connectivity index (χ3n) is 5.23. The first-order valence-electron chi connectivity index (χ1n) is 8.71. The summed E-state index contributed by atoms with van der Waals surface area (Å²) in [6, 6.07) is 13.4. The average Bonchev–Trinajstić information content (AvgIpc) is 3.15. The Morgan fingerprint density at radius 3 is 2.63 bits per heavy atom. The van der Waals surface area contributed by atoms with Gasteiger partial charge in [-0.3, -0.25) is 0 Å². The van der Waals surface area contributed by atoms with Gasteiger partial charge in [-0.05, 0) is 53.8 Å². The molecule has 1 aliphatic heterocycles. The molecule has 27 heavy (non-hydrogen) atoms. The van der Waals surface area contributed by atoms with Crippen LogP contribution < -0.4 is 10.1 Å². The third-order valence-corrected chi connectivity index (χ3v) is 5.23. The first-order valence-corrected chi connectivity index (χ1v) is 8.71. The molecule has 0 fully saturated rings. The molecule has 0 radical (unpaired) electrons. The largest absolute Gasteiger partial charge is 0.479 e. The van der Waals surface area contributed by atoms with Gasteiger partial charge in [0.15, 0.2) is 6.61 Å². The second-order valence-electron chi connectivity index (χ2n) is 6.79. The molecular weight excluding hydrogens is 353 g/mol. The van der Waals surface area contributed by atoms with Gasteiger partial charge in [0.05, 0.1) is 11.6 Å². The average molecular weight is 370 g/mol. The predicted molar refractivity (Wildman–Crippen MR) is 95.3 cm³/mol. The van der Waals surface area contributed by atoms with Gasteiger partial charge in [0.25, 0.3) is 0 Å². The van der Waals surface area contributed by atoms with E-state index in [1.54, 1.807) is 0 Å². The lowest BCUT2D eigenvalue weighted by molar-refractivity contribution is -0.137. The number of hydrogen-bond acceptors (Lipinski definition) is 3. The zero-order valence-electron chi connectivity index (χ0n) is 14.3. The summed E-state index contributed by atoms with van der Waals surface area (Å²) in [7, 11) is 0. The topological polar surface area (TPSA) is 45.0 Å². The fourth-order valence-corrected chi connectivity index (χ4v) is 3.99. The highest BCUT2D eigenvalue weighted by molar-refractivity contribution is 5.61. The lowest BCUT2D eigenvalue weighted by atomic mass is 9.76. The maximum Gasteiger partial charge on any atom is 0.416 e. The molecular formula is C21H17F3N2O. The van der Waals surface area contributed by atoms with Crippen LogP contribution in [0, 0.1) is 17.2 Å². The van der Waals surface area contributed by atoms with E-state index in [9.17, 15) is 13.2 Å². The molecule has 4 rings (SSSR count). The van der Waals surface area contributed by atoms with E-state index in [1.807, 2.05) is 42.5 Å². The summed E-state index contributed by atoms with van der Waals surface area (Å²) in [5.41, 5.74) is 1.88. The number of halogens is 3. The van der Waals surface area contributed by atoms with Gasteiger partial charge in [0, 0.05) is 11.6 Å². The summed E-state index contributed by atoms with van der Waals surface area (Å²) >= 11 is 0. The molecule has 1 heterocycles. The highest BCUT2D eigenvalue weighted by Crippen LogP contribution is 2.50. The van der Waals surface area contributed by atoms with Crippen LogP contribution in [-0.2, 0) is 6.18 Å². The Morgan fingerprint density at radius 1 is 1.15 bits per heavy atom. The molecule has 0 amide bonds. The van der Waals surface area contributed by atoms with Crippen molar-refractivity contribution in [2.45, 2.75) is 24.6 Å². The number of nitriles is 1. The van der Waals surface area contributed by atoms with Crippen LogP contribution in [0.25, 0.3) is 0 Å². The van der Waals surface area contributed by atoms with Crippen molar-refractivity contribution in [1.82, 2.24) is 0 Å². The Hall–Kier alpha value is -2.94. The molecule has 3 atom stereocenters. The zero-order chi connectivity index (χ0) is 19.0. The van der Waals surface area contributed by atoms with Crippen molar-refractivity contribution in [1.29, 1.82) is 5.26 Å². The lowest BCUT2D eigenvalue weighted by Gasteiger charge is -2.38. The molecule has 2 aliphatic rings. The van der Waals surface area contributed by atoms with E-state index >= 15 is 0 Å². The molecule has 0 aromatic heterocycles. The molecule has 1 N–H and O–H groups in total. The fraction of sp³-hybridized carbons (Fsp3) is 0.286. The SMILES string of the molecule is N#CCOc1ccc([C@@H]2Nc3ccc(C(F)(F)F)cc3[C@@H]3C=CC[C@H]32)cc1. The van der Waals surface area contributed by atoms with Crippen molar-refractivity contribution >= 4 is 5.69 Å². The Bertz CT molecular complexity index is 913. The van der Waals surface area contributed by atoms with E-state index in [4.69, 9.17) is 10.00 Å².